The Hall–Kier alpha value is -0.470. The van der Waals surface area contributed by atoms with Crippen molar-refractivity contribution in [1.82, 2.24) is 15.3 Å². The zero-order chi connectivity index (χ0) is 13.0. The highest BCUT2D eigenvalue weighted by atomic mass is 127. The van der Waals surface area contributed by atoms with Crippen molar-refractivity contribution in [2.45, 2.75) is 25.9 Å². The molecule has 1 aromatic rings. The summed E-state index contributed by atoms with van der Waals surface area (Å²) >= 11 is 2.22. The number of hydrogen-bond acceptors (Lipinski definition) is 5. The maximum absolute atomic E-state index is 5.55. The molecule has 100 valence electrons. The van der Waals surface area contributed by atoms with Crippen LogP contribution in [0.2, 0.25) is 0 Å². The summed E-state index contributed by atoms with van der Waals surface area (Å²) in [6.07, 6.45) is 3.70. The van der Waals surface area contributed by atoms with Crippen molar-refractivity contribution in [2.75, 3.05) is 31.2 Å². The molecule has 2 rings (SSSR count). The lowest BCUT2D eigenvalue weighted by Crippen LogP contribution is -2.52. The number of nitrogens with zero attached hydrogens (tertiary/aromatic N) is 3. The summed E-state index contributed by atoms with van der Waals surface area (Å²) in [5.74, 6) is 0.800. The van der Waals surface area contributed by atoms with Crippen molar-refractivity contribution in [3.8, 4) is 0 Å². The second kappa shape index (κ2) is 6.63. The molecule has 0 aliphatic carbocycles. The van der Waals surface area contributed by atoms with E-state index in [1.165, 1.54) is 0 Å². The van der Waals surface area contributed by atoms with Crippen molar-refractivity contribution in [2.24, 2.45) is 0 Å². The zero-order valence-corrected chi connectivity index (χ0v) is 12.9. The number of nitrogens with one attached hydrogen (secondary N) is 1. The second-order valence-electron chi connectivity index (χ2n) is 4.69. The molecule has 2 heterocycles. The fourth-order valence-electron chi connectivity index (χ4n) is 1.91. The van der Waals surface area contributed by atoms with Gasteiger partial charge in [-0.05, 0) is 22.6 Å². The lowest BCUT2D eigenvalue weighted by atomic mass is 10.2. The van der Waals surface area contributed by atoms with Gasteiger partial charge in [-0.2, -0.15) is 0 Å². The molecule has 1 aliphatic rings. The van der Waals surface area contributed by atoms with Crippen LogP contribution in [0.4, 0.5) is 5.95 Å². The van der Waals surface area contributed by atoms with Gasteiger partial charge in [0.15, 0.2) is 0 Å². The number of halogens is 1. The van der Waals surface area contributed by atoms with E-state index in [2.05, 4.69) is 56.6 Å². The number of rotatable bonds is 4. The van der Waals surface area contributed by atoms with E-state index in [1.54, 1.807) is 0 Å². The monoisotopic (exact) mass is 362 g/mol. The molecule has 0 amide bonds. The smallest absolute Gasteiger partial charge is 0.225 e. The van der Waals surface area contributed by atoms with Crippen LogP contribution >= 0.6 is 22.6 Å². The van der Waals surface area contributed by atoms with E-state index in [4.69, 9.17) is 4.74 Å². The maximum atomic E-state index is 5.55. The minimum absolute atomic E-state index is 0.307. The standard InChI is InChI=1S/C12H19IN4O/c1-9(2)14-7-11-8-18-4-3-17(11)12-15-5-10(13)6-16-12/h5-6,9,11,14H,3-4,7-8H2,1-2H3. The van der Waals surface area contributed by atoms with Crippen LogP contribution in [0, 0.1) is 3.57 Å². The number of ether oxygens (including phenoxy) is 1. The molecule has 0 saturated carbocycles. The predicted molar refractivity (Wildman–Crippen MR) is 79.8 cm³/mol. The molecule has 0 aromatic carbocycles. The van der Waals surface area contributed by atoms with Crippen LogP contribution in [0.5, 0.6) is 0 Å². The Morgan fingerprint density at radius 3 is 2.89 bits per heavy atom. The molecule has 0 spiro atoms. The van der Waals surface area contributed by atoms with Crippen LogP contribution < -0.4 is 10.2 Å². The van der Waals surface area contributed by atoms with Gasteiger partial charge in [-0.3, -0.25) is 0 Å². The highest BCUT2D eigenvalue weighted by Gasteiger charge is 2.24. The molecule has 1 atom stereocenters. The fourth-order valence-corrected chi connectivity index (χ4v) is 2.19. The summed E-state index contributed by atoms with van der Waals surface area (Å²) in [5, 5.41) is 3.45. The number of anilines is 1. The molecule has 5 nitrogen and oxygen atoms in total. The van der Waals surface area contributed by atoms with Crippen LogP contribution in [-0.4, -0.2) is 48.4 Å². The van der Waals surface area contributed by atoms with Crippen LogP contribution in [0.1, 0.15) is 13.8 Å². The first-order valence-electron chi connectivity index (χ1n) is 6.22. The lowest BCUT2D eigenvalue weighted by molar-refractivity contribution is 0.0923. The van der Waals surface area contributed by atoms with Gasteiger partial charge in [0.05, 0.1) is 19.3 Å². The van der Waals surface area contributed by atoms with Crippen LogP contribution in [-0.2, 0) is 4.74 Å². The van der Waals surface area contributed by atoms with Gasteiger partial charge >= 0.3 is 0 Å². The zero-order valence-electron chi connectivity index (χ0n) is 10.8. The van der Waals surface area contributed by atoms with Crippen LogP contribution in [0.15, 0.2) is 12.4 Å². The third kappa shape index (κ3) is 3.76. The third-order valence-corrected chi connectivity index (χ3v) is 3.41. The Kier molecular flexibility index (Phi) is 5.13. The first-order chi connectivity index (χ1) is 8.66. The van der Waals surface area contributed by atoms with Crippen molar-refractivity contribution in [3.63, 3.8) is 0 Å². The molecule has 18 heavy (non-hydrogen) atoms. The van der Waals surface area contributed by atoms with Gasteiger partial charge in [0.1, 0.15) is 0 Å². The average molecular weight is 362 g/mol. The normalized spacial score (nSPS) is 20.4. The number of aromatic nitrogens is 2. The van der Waals surface area contributed by atoms with E-state index in [9.17, 15) is 0 Å². The lowest BCUT2D eigenvalue weighted by Gasteiger charge is -2.36. The van der Waals surface area contributed by atoms with Crippen LogP contribution in [0.3, 0.4) is 0 Å². The van der Waals surface area contributed by atoms with Gasteiger partial charge in [-0.15, -0.1) is 0 Å². The van der Waals surface area contributed by atoms with E-state index in [-0.39, 0.29) is 0 Å². The van der Waals surface area contributed by atoms with E-state index >= 15 is 0 Å². The molecule has 1 aromatic heterocycles. The van der Waals surface area contributed by atoms with E-state index in [0.717, 1.165) is 35.8 Å². The molecular weight excluding hydrogens is 343 g/mol. The highest BCUT2D eigenvalue weighted by Crippen LogP contribution is 2.15. The van der Waals surface area contributed by atoms with E-state index in [1.807, 2.05) is 12.4 Å². The highest BCUT2D eigenvalue weighted by molar-refractivity contribution is 14.1. The molecule has 0 radical (unpaired) electrons. The van der Waals surface area contributed by atoms with Crippen LogP contribution in [0.25, 0.3) is 0 Å². The Morgan fingerprint density at radius 1 is 1.50 bits per heavy atom. The first-order valence-corrected chi connectivity index (χ1v) is 7.30. The summed E-state index contributed by atoms with van der Waals surface area (Å²) in [6, 6.07) is 0.785. The van der Waals surface area contributed by atoms with E-state index < -0.39 is 0 Å². The van der Waals surface area contributed by atoms with Gasteiger partial charge in [0.25, 0.3) is 0 Å². The minimum Gasteiger partial charge on any atom is -0.377 e. The van der Waals surface area contributed by atoms with Gasteiger partial charge in [0.2, 0.25) is 5.95 Å². The van der Waals surface area contributed by atoms with Crippen molar-refractivity contribution in [1.29, 1.82) is 0 Å². The summed E-state index contributed by atoms with van der Waals surface area (Å²) in [5.41, 5.74) is 0. The summed E-state index contributed by atoms with van der Waals surface area (Å²) in [6.45, 7) is 7.52. The summed E-state index contributed by atoms with van der Waals surface area (Å²) in [4.78, 5) is 11.0. The number of morpholine rings is 1. The summed E-state index contributed by atoms with van der Waals surface area (Å²) < 4.78 is 6.61. The minimum atomic E-state index is 0.307. The fraction of sp³-hybridized carbons (Fsp3) is 0.667. The topological polar surface area (TPSA) is 50.3 Å². The third-order valence-electron chi connectivity index (χ3n) is 2.85. The molecule has 1 fully saturated rings. The van der Waals surface area contributed by atoms with Gasteiger partial charge < -0.3 is 15.0 Å². The predicted octanol–water partition coefficient (Wildman–Crippen LogP) is 1.28. The number of hydrogen-bond donors (Lipinski definition) is 1. The van der Waals surface area contributed by atoms with E-state index in [0.29, 0.717) is 12.1 Å². The Bertz CT molecular complexity index is 371. The Balaban J connectivity index is 2.05. The maximum Gasteiger partial charge on any atom is 0.225 e. The molecule has 1 saturated heterocycles. The molecule has 0 bridgehead atoms. The Morgan fingerprint density at radius 2 is 2.22 bits per heavy atom. The first kappa shape index (κ1) is 14.0. The summed E-state index contributed by atoms with van der Waals surface area (Å²) in [7, 11) is 0. The second-order valence-corrected chi connectivity index (χ2v) is 5.93. The van der Waals surface area contributed by atoms with Crippen molar-refractivity contribution < 1.29 is 4.74 Å². The SMILES string of the molecule is CC(C)NCC1COCCN1c1ncc(I)cn1. The Labute approximate surface area is 121 Å². The van der Waals surface area contributed by atoms with Gasteiger partial charge in [-0.25, -0.2) is 9.97 Å². The molecule has 1 N–H and O–H groups in total. The van der Waals surface area contributed by atoms with Gasteiger partial charge in [-0.1, -0.05) is 13.8 Å². The van der Waals surface area contributed by atoms with Crippen molar-refractivity contribution in [3.05, 3.63) is 16.0 Å². The quantitative estimate of drug-likeness (QED) is 0.818. The average Bonchev–Trinajstić information content (AvgIpc) is 2.38. The molecule has 1 unspecified atom stereocenters. The van der Waals surface area contributed by atoms with Crippen molar-refractivity contribution >= 4 is 28.5 Å². The largest absolute Gasteiger partial charge is 0.377 e. The molecule has 6 heteroatoms. The molecule has 1 aliphatic heterocycles. The molecular formula is C12H19IN4O. The van der Waals surface area contributed by atoms with Gasteiger partial charge in [0, 0.05) is 35.1 Å².